The van der Waals surface area contributed by atoms with Gasteiger partial charge in [0.1, 0.15) is 0 Å². The van der Waals surface area contributed by atoms with Crippen molar-refractivity contribution in [1.29, 1.82) is 0 Å². The molecule has 2 aromatic heterocycles. The molecule has 98 valence electrons. The van der Waals surface area contributed by atoms with Crippen molar-refractivity contribution in [2.75, 3.05) is 0 Å². The van der Waals surface area contributed by atoms with E-state index in [1.54, 1.807) is 11.3 Å². The molecule has 1 N–H and O–H groups in total. The van der Waals surface area contributed by atoms with E-state index in [0.717, 1.165) is 29.4 Å². The Kier molecular flexibility index (Phi) is 3.68. The largest absolute Gasteiger partial charge is 0.299 e. The minimum Gasteiger partial charge on any atom is -0.299 e. The predicted molar refractivity (Wildman–Crippen MR) is 77.5 cm³/mol. The Bertz CT molecular complexity index is 586. The fourth-order valence-electron chi connectivity index (χ4n) is 1.86. The van der Waals surface area contributed by atoms with Gasteiger partial charge in [0.2, 0.25) is 0 Å². The van der Waals surface area contributed by atoms with Crippen LogP contribution in [0.25, 0.3) is 10.7 Å². The summed E-state index contributed by atoms with van der Waals surface area (Å²) in [6.07, 6.45) is 1.03. The van der Waals surface area contributed by atoms with Gasteiger partial charge in [-0.3, -0.25) is 9.67 Å². The number of aromatic nitrogens is 4. The minimum atomic E-state index is 0.0138. The van der Waals surface area contributed by atoms with E-state index in [0.29, 0.717) is 4.77 Å². The third-order valence-corrected chi connectivity index (χ3v) is 3.82. The van der Waals surface area contributed by atoms with Crippen LogP contribution in [0.5, 0.6) is 0 Å². The van der Waals surface area contributed by atoms with Crippen molar-refractivity contribution in [3.8, 4) is 10.7 Å². The van der Waals surface area contributed by atoms with Crippen LogP contribution in [0.3, 0.4) is 0 Å². The van der Waals surface area contributed by atoms with E-state index >= 15 is 0 Å². The fourth-order valence-corrected chi connectivity index (χ4v) is 3.08. The molecule has 0 fully saturated rings. The fraction of sp³-hybridized carbons (Fsp3) is 0.583. The number of H-pyrrole nitrogens is 1. The van der Waals surface area contributed by atoms with Gasteiger partial charge in [-0.2, -0.15) is 5.10 Å². The van der Waals surface area contributed by atoms with Gasteiger partial charge < -0.3 is 0 Å². The van der Waals surface area contributed by atoms with Crippen LogP contribution < -0.4 is 0 Å². The van der Waals surface area contributed by atoms with Gasteiger partial charge in [0.15, 0.2) is 10.6 Å². The first-order valence-corrected chi connectivity index (χ1v) is 7.33. The molecule has 0 aliphatic rings. The number of nitrogens with one attached hydrogen (secondary N) is 1. The van der Waals surface area contributed by atoms with E-state index in [9.17, 15) is 0 Å². The molecular formula is C12H18N4S2. The number of hydrogen-bond donors (Lipinski definition) is 1. The molecule has 0 atom stereocenters. The molecule has 0 radical (unpaired) electrons. The molecule has 2 heterocycles. The lowest BCUT2D eigenvalue weighted by Crippen LogP contribution is -2.13. The van der Waals surface area contributed by atoms with Crippen LogP contribution in [0.15, 0.2) is 5.51 Å². The second-order valence-electron chi connectivity index (χ2n) is 5.28. The Morgan fingerprint density at radius 1 is 1.44 bits per heavy atom. The van der Waals surface area contributed by atoms with Gasteiger partial charge in [0.25, 0.3) is 0 Å². The number of hydrogen-bond acceptors (Lipinski definition) is 4. The Hall–Kier alpha value is -1.01. The molecule has 0 saturated heterocycles. The van der Waals surface area contributed by atoms with Gasteiger partial charge in [-0.25, -0.2) is 4.98 Å². The summed E-state index contributed by atoms with van der Waals surface area (Å²) in [6, 6.07) is 0. The molecule has 0 aliphatic carbocycles. The molecule has 0 saturated carbocycles. The van der Waals surface area contributed by atoms with Crippen molar-refractivity contribution < 1.29 is 0 Å². The van der Waals surface area contributed by atoms with Crippen molar-refractivity contribution in [3.63, 3.8) is 0 Å². The van der Waals surface area contributed by atoms with Crippen LogP contribution in [-0.2, 0) is 12.0 Å². The lowest BCUT2D eigenvalue weighted by molar-refractivity contribution is 0.573. The normalized spacial score (nSPS) is 12.0. The van der Waals surface area contributed by atoms with E-state index in [4.69, 9.17) is 12.2 Å². The molecule has 6 heteroatoms. The zero-order valence-electron chi connectivity index (χ0n) is 11.1. The highest BCUT2D eigenvalue weighted by Gasteiger charge is 2.24. The third-order valence-electron chi connectivity index (χ3n) is 2.69. The Morgan fingerprint density at radius 3 is 2.78 bits per heavy atom. The van der Waals surface area contributed by atoms with E-state index in [1.807, 2.05) is 5.51 Å². The molecule has 0 unspecified atom stereocenters. The molecule has 18 heavy (non-hydrogen) atoms. The van der Waals surface area contributed by atoms with Crippen LogP contribution >= 0.6 is 23.6 Å². The van der Waals surface area contributed by atoms with Gasteiger partial charge in [-0.1, -0.05) is 27.7 Å². The molecule has 2 rings (SSSR count). The van der Waals surface area contributed by atoms with E-state index in [-0.39, 0.29) is 5.41 Å². The van der Waals surface area contributed by atoms with Crippen molar-refractivity contribution in [2.24, 2.45) is 0 Å². The highest BCUT2D eigenvalue weighted by molar-refractivity contribution is 7.71. The maximum Gasteiger partial charge on any atom is 0.195 e. The lowest BCUT2D eigenvalue weighted by Gasteiger charge is -2.17. The zero-order chi connectivity index (χ0) is 13.3. The Labute approximate surface area is 116 Å². The first kappa shape index (κ1) is 13.4. The summed E-state index contributed by atoms with van der Waals surface area (Å²) < 4.78 is 2.73. The molecular weight excluding hydrogens is 264 g/mol. The summed E-state index contributed by atoms with van der Waals surface area (Å²) in [7, 11) is 0. The van der Waals surface area contributed by atoms with Crippen LogP contribution in [0.4, 0.5) is 0 Å². The van der Waals surface area contributed by atoms with E-state index in [1.165, 1.54) is 0 Å². The third kappa shape index (κ3) is 2.40. The smallest absolute Gasteiger partial charge is 0.195 e. The predicted octanol–water partition coefficient (Wildman–Crippen LogP) is 3.77. The van der Waals surface area contributed by atoms with Crippen molar-refractivity contribution in [3.05, 3.63) is 16.0 Å². The summed E-state index contributed by atoms with van der Waals surface area (Å²) in [6.45, 7) is 9.51. The summed E-state index contributed by atoms with van der Waals surface area (Å²) in [5.74, 6) is 0.911. The van der Waals surface area contributed by atoms with E-state index in [2.05, 4.69) is 47.4 Å². The molecule has 0 bridgehead atoms. The average molecular weight is 282 g/mol. The van der Waals surface area contributed by atoms with Crippen LogP contribution in [0.1, 0.15) is 39.8 Å². The van der Waals surface area contributed by atoms with Crippen molar-refractivity contribution >= 4 is 23.6 Å². The first-order chi connectivity index (χ1) is 8.45. The van der Waals surface area contributed by atoms with Crippen molar-refractivity contribution in [1.82, 2.24) is 19.7 Å². The molecule has 4 nitrogen and oxygen atoms in total. The van der Waals surface area contributed by atoms with Crippen LogP contribution in [-0.4, -0.2) is 19.7 Å². The summed E-state index contributed by atoms with van der Waals surface area (Å²) in [5, 5.41) is 7.25. The van der Waals surface area contributed by atoms with E-state index < -0.39 is 0 Å². The molecule has 0 amide bonds. The Balaban J connectivity index is 2.57. The van der Waals surface area contributed by atoms with Crippen molar-refractivity contribution in [2.45, 2.75) is 46.1 Å². The number of nitrogens with zero attached hydrogens (tertiary/aromatic N) is 3. The summed E-state index contributed by atoms with van der Waals surface area (Å²) in [5.41, 5.74) is 2.98. The maximum absolute atomic E-state index is 5.28. The quantitative estimate of drug-likeness (QED) is 0.872. The van der Waals surface area contributed by atoms with Gasteiger partial charge in [0, 0.05) is 12.0 Å². The second-order valence-corrected chi connectivity index (χ2v) is 6.53. The van der Waals surface area contributed by atoms with Gasteiger partial charge >= 0.3 is 0 Å². The van der Waals surface area contributed by atoms with Crippen LogP contribution in [0.2, 0.25) is 0 Å². The summed E-state index contributed by atoms with van der Waals surface area (Å²) in [4.78, 5) is 5.61. The minimum absolute atomic E-state index is 0.0138. The second kappa shape index (κ2) is 4.93. The van der Waals surface area contributed by atoms with Gasteiger partial charge in [-0.15, -0.1) is 11.3 Å². The van der Waals surface area contributed by atoms with Gasteiger partial charge in [0.05, 0.1) is 16.1 Å². The summed E-state index contributed by atoms with van der Waals surface area (Å²) >= 11 is 6.90. The average Bonchev–Trinajstić information content (AvgIpc) is 2.86. The monoisotopic (exact) mass is 282 g/mol. The van der Waals surface area contributed by atoms with Gasteiger partial charge in [-0.05, 0) is 18.6 Å². The number of thiazole rings is 1. The standard InChI is InChI=1S/C12H18N4S2/c1-5-6-16-10(14-15-11(16)17)8-9(12(2,3)4)13-7-18-8/h7H,5-6H2,1-4H3,(H,15,17). The Morgan fingerprint density at radius 2 is 2.17 bits per heavy atom. The van der Waals surface area contributed by atoms with Crippen LogP contribution in [0, 0.1) is 4.77 Å². The highest BCUT2D eigenvalue weighted by Crippen LogP contribution is 2.34. The molecule has 0 aliphatic heterocycles. The maximum atomic E-state index is 5.28. The zero-order valence-corrected chi connectivity index (χ0v) is 12.8. The number of aromatic amines is 1. The first-order valence-electron chi connectivity index (χ1n) is 6.04. The number of rotatable bonds is 3. The lowest BCUT2D eigenvalue weighted by atomic mass is 9.91. The molecule has 0 aromatic carbocycles. The SMILES string of the molecule is CCCn1c(-c2scnc2C(C)(C)C)n[nH]c1=S. The molecule has 0 spiro atoms. The molecule has 2 aromatic rings. The highest BCUT2D eigenvalue weighted by atomic mass is 32.1. The topological polar surface area (TPSA) is 46.5 Å².